The number of pyridine rings is 1. The predicted octanol–water partition coefficient (Wildman–Crippen LogP) is 2.91. The van der Waals surface area contributed by atoms with Gasteiger partial charge in [0.1, 0.15) is 12.4 Å². The van der Waals surface area contributed by atoms with E-state index in [2.05, 4.69) is 15.6 Å². The summed E-state index contributed by atoms with van der Waals surface area (Å²) in [6.45, 7) is -0.118. The first-order valence-corrected chi connectivity index (χ1v) is 14.7. The second-order valence-electron chi connectivity index (χ2n) is 10.6. The van der Waals surface area contributed by atoms with Crippen LogP contribution in [0.1, 0.15) is 35.6 Å². The lowest BCUT2D eigenvalue weighted by molar-refractivity contribution is -0.120. The van der Waals surface area contributed by atoms with Crippen molar-refractivity contribution in [1.29, 1.82) is 0 Å². The minimum Gasteiger partial charge on any atom is -0.325 e. The zero-order valence-electron chi connectivity index (χ0n) is 21.2. The van der Waals surface area contributed by atoms with Crippen LogP contribution in [0.2, 0.25) is 0 Å². The van der Waals surface area contributed by atoms with E-state index in [1.54, 1.807) is 10.8 Å². The number of hydrogen-bond acceptors (Lipinski definition) is 5. The van der Waals surface area contributed by atoms with Crippen LogP contribution in [0.5, 0.6) is 0 Å². The minimum atomic E-state index is -0.828. The Morgan fingerprint density at radius 2 is 1.79 bits per heavy atom. The van der Waals surface area contributed by atoms with Crippen LogP contribution < -0.4 is 16.3 Å². The molecule has 1 fully saturated rings. The van der Waals surface area contributed by atoms with E-state index in [1.807, 2.05) is 54.6 Å². The number of benzene rings is 2. The Labute approximate surface area is 226 Å². The van der Waals surface area contributed by atoms with Crippen LogP contribution in [0.25, 0.3) is 11.0 Å². The topological polar surface area (TPSA) is 115 Å². The van der Waals surface area contributed by atoms with Gasteiger partial charge in [-0.3, -0.25) is 22.9 Å². The number of imidazole rings is 1. The zero-order valence-corrected chi connectivity index (χ0v) is 22.0. The molecular formula is C29H27N5O4S. The van der Waals surface area contributed by atoms with Gasteiger partial charge in [0.25, 0.3) is 0 Å². The lowest BCUT2D eigenvalue weighted by atomic mass is 9.79. The van der Waals surface area contributed by atoms with Gasteiger partial charge in [-0.1, -0.05) is 24.3 Å². The Morgan fingerprint density at radius 1 is 1.03 bits per heavy atom. The third kappa shape index (κ3) is 3.84. The van der Waals surface area contributed by atoms with E-state index >= 15 is 0 Å². The van der Waals surface area contributed by atoms with Crippen molar-refractivity contribution in [2.75, 3.05) is 22.1 Å². The smallest absolute Gasteiger partial charge is 0.325 e. The average Bonchev–Trinajstić information content (AvgIpc) is 3.54. The standard InChI is InChI=1S/C29H27N5O4S/c35-25(17-33-23-5-1-2-6-24(23)34(28(33)37)21-9-12-39(38)13-10-21)31-20-8-7-18-15-29(16-19(18)14-20)22-4-3-11-30-26(22)32-27(29)36/h1-8,11,14,21H,9-10,12-13,15-17H2,(H,31,35)(H,30,32,36). The number of hydrogen-bond donors (Lipinski definition) is 2. The maximum Gasteiger partial charge on any atom is 0.329 e. The average molecular weight is 542 g/mol. The number of carbonyl (C=O) groups excluding carboxylic acids is 2. The summed E-state index contributed by atoms with van der Waals surface area (Å²) in [5.74, 6) is 1.44. The lowest BCUT2D eigenvalue weighted by Crippen LogP contribution is -2.35. The van der Waals surface area contributed by atoms with Crippen LogP contribution in [-0.4, -0.2) is 41.6 Å². The quantitative estimate of drug-likeness (QED) is 0.412. The summed E-state index contributed by atoms with van der Waals surface area (Å²) in [5, 5.41) is 5.87. The molecule has 2 aliphatic heterocycles. The van der Waals surface area contributed by atoms with E-state index in [0.717, 1.165) is 22.2 Å². The number of nitrogens with zero attached hydrogens (tertiary/aromatic N) is 3. The number of aromatic nitrogens is 3. The summed E-state index contributed by atoms with van der Waals surface area (Å²) in [7, 11) is -0.828. The summed E-state index contributed by atoms with van der Waals surface area (Å²) in [5.41, 5.74) is 4.24. The Bertz CT molecular complexity index is 1750. The highest BCUT2D eigenvalue weighted by Gasteiger charge is 2.51. The SMILES string of the molecule is O=C(Cn1c(=O)n(C2CCS(=O)CC2)c2ccccc21)Nc1ccc2c(c1)CC1(C2)C(=O)Nc2ncccc21. The molecule has 0 radical (unpaired) electrons. The molecule has 198 valence electrons. The molecule has 9 nitrogen and oxygen atoms in total. The van der Waals surface area contributed by atoms with Crippen molar-refractivity contribution in [2.24, 2.45) is 0 Å². The fraction of sp³-hybridized carbons (Fsp3) is 0.310. The molecular weight excluding hydrogens is 514 g/mol. The summed E-state index contributed by atoms with van der Waals surface area (Å²) in [6.07, 6.45) is 4.16. The fourth-order valence-corrected chi connectivity index (χ4v) is 7.74. The molecule has 0 saturated carbocycles. The monoisotopic (exact) mass is 541 g/mol. The van der Waals surface area contributed by atoms with Crippen molar-refractivity contribution >= 4 is 45.2 Å². The predicted molar refractivity (Wildman–Crippen MR) is 149 cm³/mol. The first kappa shape index (κ1) is 24.0. The van der Waals surface area contributed by atoms with Crippen molar-refractivity contribution in [1.82, 2.24) is 14.1 Å². The van der Waals surface area contributed by atoms with Crippen LogP contribution in [-0.2, 0) is 45.2 Å². The number of nitrogens with one attached hydrogen (secondary N) is 2. The Kier molecular flexibility index (Phi) is 5.55. The molecule has 2 amide bonds. The molecule has 1 unspecified atom stereocenters. The van der Waals surface area contributed by atoms with Crippen LogP contribution in [0, 0.1) is 0 Å². The Morgan fingerprint density at radius 3 is 2.62 bits per heavy atom. The second kappa shape index (κ2) is 9.01. The highest BCUT2D eigenvalue weighted by molar-refractivity contribution is 7.85. The van der Waals surface area contributed by atoms with Crippen molar-refractivity contribution in [3.8, 4) is 0 Å². The second-order valence-corrected chi connectivity index (χ2v) is 12.3. The fourth-order valence-electron chi connectivity index (χ4n) is 6.47. The molecule has 1 saturated heterocycles. The molecule has 1 spiro atoms. The molecule has 1 aliphatic carbocycles. The number of rotatable bonds is 4. The first-order chi connectivity index (χ1) is 18.9. The number of amides is 2. The van der Waals surface area contributed by atoms with Crippen molar-refractivity contribution in [3.05, 3.63) is 88.0 Å². The summed E-state index contributed by atoms with van der Waals surface area (Å²) >= 11 is 0. The highest BCUT2D eigenvalue weighted by atomic mass is 32.2. The summed E-state index contributed by atoms with van der Waals surface area (Å²) in [4.78, 5) is 44.0. The number of fused-ring (bicyclic) bond motifs is 4. The van der Waals surface area contributed by atoms with Gasteiger partial charge in [0.2, 0.25) is 11.8 Å². The third-order valence-corrected chi connectivity index (χ3v) is 9.74. The van der Waals surface area contributed by atoms with Crippen LogP contribution in [0.15, 0.2) is 65.6 Å². The number of anilines is 2. The summed E-state index contributed by atoms with van der Waals surface area (Å²) < 4.78 is 15.2. The molecule has 3 aliphatic rings. The first-order valence-electron chi connectivity index (χ1n) is 13.2. The molecule has 39 heavy (non-hydrogen) atoms. The number of para-hydroxylation sites is 2. The van der Waals surface area contributed by atoms with E-state index in [1.165, 1.54) is 4.57 Å². The van der Waals surface area contributed by atoms with Gasteiger partial charge < -0.3 is 10.6 Å². The van der Waals surface area contributed by atoms with Gasteiger partial charge in [0, 0.05) is 45.8 Å². The highest BCUT2D eigenvalue weighted by Crippen LogP contribution is 2.46. The largest absolute Gasteiger partial charge is 0.329 e. The molecule has 2 aromatic carbocycles. The van der Waals surface area contributed by atoms with Gasteiger partial charge in [0.05, 0.1) is 16.4 Å². The minimum absolute atomic E-state index is 0.0263. The van der Waals surface area contributed by atoms with E-state index in [-0.39, 0.29) is 30.1 Å². The van der Waals surface area contributed by atoms with Gasteiger partial charge in [-0.15, -0.1) is 0 Å². The maximum absolute atomic E-state index is 13.5. The molecule has 2 aromatic heterocycles. The normalized spacial score (nSPS) is 23.5. The van der Waals surface area contributed by atoms with Crippen LogP contribution >= 0.6 is 0 Å². The van der Waals surface area contributed by atoms with Crippen LogP contribution in [0.4, 0.5) is 11.5 Å². The molecule has 4 aromatic rings. The zero-order chi connectivity index (χ0) is 26.7. The summed E-state index contributed by atoms with van der Waals surface area (Å²) in [6, 6.07) is 17.0. The van der Waals surface area contributed by atoms with Gasteiger partial charge >= 0.3 is 5.69 Å². The lowest BCUT2D eigenvalue weighted by Gasteiger charge is -2.22. The molecule has 1 atom stereocenters. The van der Waals surface area contributed by atoms with E-state index in [9.17, 15) is 18.6 Å². The van der Waals surface area contributed by atoms with Crippen molar-refractivity contribution in [2.45, 2.75) is 43.7 Å². The van der Waals surface area contributed by atoms with Crippen LogP contribution in [0.3, 0.4) is 0 Å². The van der Waals surface area contributed by atoms with E-state index < -0.39 is 16.2 Å². The molecule has 7 rings (SSSR count). The van der Waals surface area contributed by atoms with Crippen molar-refractivity contribution < 1.29 is 13.8 Å². The maximum atomic E-state index is 13.5. The number of carbonyl (C=O) groups is 2. The van der Waals surface area contributed by atoms with Gasteiger partial charge in [-0.25, -0.2) is 9.78 Å². The molecule has 4 heterocycles. The van der Waals surface area contributed by atoms with Crippen molar-refractivity contribution in [3.63, 3.8) is 0 Å². The molecule has 10 heteroatoms. The van der Waals surface area contributed by atoms with E-state index in [4.69, 9.17) is 0 Å². The molecule has 2 N–H and O–H groups in total. The Balaban J connectivity index is 1.13. The third-order valence-electron chi connectivity index (χ3n) is 8.36. The Hall–Kier alpha value is -4.05. The van der Waals surface area contributed by atoms with Gasteiger partial charge in [-0.2, -0.15) is 0 Å². The van der Waals surface area contributed by atoms with Gasteiger partial charge in [-0.05, 0) is 67.1 Å². The molecule has 0 bridgehead atoms. The van der Waals surface area contributed by atoms with E-state index in [0.29, 0.717) is 54.2 Å². The van der Waals surface area contributed by atoms with Gasteiger partial charge in [0.15, 0.2) is 0 Å².